The van der Waals surface area contributed by atoms with Crippen LogP contribution in [0.4, 0.5) is 0 Å². The van der Waals surface area contributed by atoms with Gasteiger partial charge in [0.25, 0.3) is 20.2 Å². The Kier molecular flexibility index (Phi) is 7.77. The van der Waals surface area contributed by atoms with E-state index in [1.54, 1.807) is 23.7 Å². The van der Waals surface area contributed by atoms with E-state index in [1.807, 2.05) is 6.92 Å². The van der Waals surface area contributed by atoms with E-state index in [2.05, 4.69) is 25.7 Å². The summed E-state index contributed by atoms with van der Waals surface area (Å²) in [5.41, 5.74) is 1.83. The molecule has 3 rings (SSSR count). The molecular weight excluding hydrogens is 440 g/mol. The summed E-state index contributed by atoms with van der Waals surface area (Å²) >= 11 is 0. The minimum atomic E-state index is -4.36. The maximum Gasteiger partial charge on any atom is 0.294 e. The summed E-state index contributed by atoms with van der Waals surface area (Å²) in [5, 5.41) is 1.52. The first-order valence-electron chi connectivity index (χ1n) is 9.88. The van der Waals surface area contributed by atoms with Crippen LogP contribution in [0.25, 0.3) is 21.8 Å². The average molecular weight is 470 g/mol. The number of fused-ring (bicyclic) bond motifs is 2. The molecule has 1 aromatic heterocycles. The lowest BCUT2D eigenvalue weighted by Gasteiger charge is -2.13. The molecule has 0 bridgehead atoms. The maximum absolute atomic E-state index is 11.4. The van der Waals surface area contributed by atoms with Crippen LogP contribution >= 0.6 is 0 Å². The topological polar surface area (TPSA) is 116 Å². The molecule has 10 heteroatoms. The Balaban J connectivity index is 0.000000423. The molecule has 0 aliphatic carbocycles. The maximum atomic E-state index is 11.4. The number of aromatic nitrogens is 1. The normalized spacial score (nSPS) is 12.3. The SMILES string of the molecule is CCN(CC)CC.Cc1c2ccc(S(=O)(=O)O)cc2[n+](C)c2cc(S(=O)(=O)O)ccc12. The van der Waals surface area contributed by atoms with Crippen molar-refractivity contribution in [2.24, 2.45) is 7.05 Å². The van der Waals surface area contributed by atoms with Gasteiger partial charge in [0.15, 0.2) is 0 Å². The zero-order valence-corrected chi connectivity index (χ0v) is 20.0. The Hall–Kier alpha value is -2.11. The molecule has 0 amide bonds. The van der Waals surface area contributed by atoms with Crippen LogP contribution in [0.3, 0.4) is 0 Å². The Labute approximate surface area is 183 Å². The van der Waals surface area contributed by atoms with Gasteiger partial charge in [-0.3, -0.25) is 9.11 Å². The van der Waals surface area contributed by atoms with Gasteiger partial charge in [0, 0.05) is 22.9 Å². The van der Waals surface area contributed by atoms with Gasteiger partial charge in [0.2, 0.25) is 11.0 Å². The van der Waals surface area contributed by atoms with Crippen LogP contribution in [0.15, 0.2) is 46.2 Å². The van der Waals surface area contributed by atoms with E-state index in [0.717, 1.165) is 16.3 Å². The van der Waals surface area contributed by atoms with Crippen LogP contribution in [-0.4, -0.2) is 50.5 Å². The van der Waals surface area contributed by atoms with Crippen molar-refractivity contribution >= 4 is 42.0 Å². The van der Waals surface area contributed by atoms with E-state index in [0.29, 0.717) is 11.0 Å². The van der Waals surface area contributed by atoms with Crippen LogP contribution in [-0.2, 0) is 27.3 Å². The summed E-state index contributed by atoms with van der Waals surface area (Å²) in [7, 11) is -7.07. The summed E-state index contributed by atoms with van der Waals surface area (Å²) in [5.74, 6) is 0. The highest BCUT2D eigenvalue weighted by atomic mass is 32.2. The lowest BCUT2D eigenvalue weighted by Crippen LogP contribution is -2.31. The molecule has 0 unspecified atom stereocenters. The number of rotatable bonds is 5. The van der Waals surface area contributed by atoms with Gasteiger partial charge < -0.3 is 4.90 Å². The Bertz CT molecular complexity index is 1220. The fraction of sp³-hybridized carbons (Fsp3) is 0.381. The molecule has 2 N–H and O–H groups in total. The number of aryl methyl sites for hydroxylation is 2. The number of nitrogens with zero attached hydrogens (tertiary/aromatic N) is 2. The van der Waals surface area contributed by atoms with Crippen LogP contribution in [0, 0.1) is 6.92 Å². The monoisotopic (exact) mass is 469 g/mol. The molecule has 31 heavy (non-hydrogen) atoms. The first-order chi connectivity index (χ1) is 14.3. The van der Waals surface area contributed by atoms with Gasteiger partial charge >= 0.3 is 0 Å². The van der Waals surface area contributed by atoms with Crippen molar-refractivity contribution in [1.29, 1.82) is 0 Å². The van der Waals surface area contributed by atoms with Gasteiger partial charge in [-0.1, -0.05) is 20.8 Å². The summed E-state index contributed by atoms with van der Waals surface area (Å²) in [6.07, 6.45) is 0. The number of benzene rings is 2. The van der Waals surface area contributed by atoms with Gasteiger partial charge in [-0.25, -0.2) is 0 Å². The molecule has 8 nitrogen and oxygen atoms in total. The molecule has 170 valence electrons. The van der Waals surface area contributed by atoms with Crippen LogP contribution in [0.5, 0.6) is 0 Å². The predicted molar refractivity (Wildman–Crippen MR) is 120 cm³/mol. The van der Waals surface area contributed by atoms with Gasteiger partial charge in [-0.05, 0) is 56.4 Å². The molecule has 0 saturated carbocycles. The van der Waals surface area contributed by atoms with Crippen LogP contribution in [0.2, 0.25) is 0 Å². The van der Waals surface area contributed by atoms with Gasteiger partial charge in [0.05, 0.1) is 0 Å². The molecule has 3 aromatic rings. The largest absolute Gasteiger partial charge is 0.304 e. The second kappa shape index (κ2) is 9.58. The molecule has 0 spiro atoms. The highest BCUT2D eigenvalue weighted by Gasteiger charge is 2.21. The molecule has 0 atom stereocenters. The first kappa shape index (κ1) is 25.2. The third-order valence-electron chi connectivity index (χ3n) is 5.41. The fourth-order valence-corrected chi connectivity index (χ4v) is 4.48. The third kappa shape index (κ3) is 5.58. The van der Waals surface area contributed by atoms with Crippen molar-refractivity contribution in [3.05, 3.63) is 42.0 Å². The van der Waals surface area contributed by atoms with E-state index in [-0.39, 0.29) is 9.79 Å². The summed E-state index contributed by atoms with van der Waals surface area (Å²) < 4.78 is 65.5. The third-order valence-corrected chi connectivity index (χ3v) is 7.11. The average Bonchev–Trinajstić information content (AvgIpc) is 2.71. The highest BCUT2D eigenvalue weighted by molar-refractivity contribution is 7.86. The van der Waals surface area contributed by atoms with Gasteiger partial charge in [0.1, 0.15) is 16.8 Å². The standard InChI is InChI=1S/C15H13NO6S2.C6H15N/c1-9-12-5-3-10(23(17,18)19)7-14(12)16(2)15-8-11(24(20,21)22)4-6-13(9)15;1-4-7(5-2)6-3/h3-8H,1-2H3,(H-,17,18,19,20,21,22);4-6H2,1-3H3/p+1. The Morgan fingerprint density at radius 2 is 1.13 bits per heavy atom. The Morgan fingerprint density at radius 1 is 0.774 bits per heavy atom. The van der Waals surface area contributed by atoms with Crippen molar-refractivity contribution in [2.75, 3.05) is 19.6 Å². The summed E-state index contributed by atoms with van der Waals surface area (Å²) in [6, 6.07) is 8.42. The van der Waals surface area contributed by atoms with Crippen molar-refractivity contribution in [3.63, 3.8) is 0 Å². The second-order valence-electron chi connectivity index (χ2n) is 7.11. The minimum absolute atomic E-state index is 0.254. The first-order valence-corrected chi connectivity index (χ1v) is 12.8. The number of pyridine rings is 1. The van der Waals surface area contributed by atoms with Crippen molar-refractivity contribution in [3.8, 4) is 0 Å². The second-order valence-corrected chi connectivity index (χ2v) is 9.95. The van der Waals surface area contributed by atoms with Gasteiger partial charge in [-0.2, -0.15) is 21.4 Å². The van der Waals surface area contributed by atoms with E-state index in [1.165, 1.54) is 43.9 Å². The van der Waals surface area contributed by atoms with Crippen LogP contribution < -0.4 is 4.57 Å². The summed E-state index contributed by atoms with van der Waals surface area (Å²) in [6.45, 7) is 11.9. The highest BCUT2D eigenvalue weighted by Crippen LogP contribution is 2.27. The molecular formula is C21H29N2O6S2+. The quantitative estimate of drug-likeness (QED) is 0.335. The summed E-state index contributed by atoms with van der Waals surface area (Å²) in [4.78, 5) is 1.87. The van der Waals surface area contributed by atoms with Crippen molar-refractivity contribution in [2.45, 2.75) is 37.5 Å². The van der Waals surface area contributed by atoms with Crippen molar-refractivity contribution in [1.82, 2.24) is 4.90 Å². The van der Waals surface area contributed by atoms with E-state index in [9.17, 15) is 25.9 Å². The lowest BCUT2D eigenvalue weighted by atomic mass is 10.0. The fourth-order valence-electron chi connectivity index (χ4n) is 3.48. The molecule has 0 aliphatic heterocycles. The molecule has 0 radical (unpaired) electrons. The van der Waals surface area contributed by atoms with E-state index in [4.69, 9.17) is 0 Å². The molecule has 0 saturated heterocycles. The smallest absolute Gasteiger partial charge is 0.294 e. The zero-order valence-electron chi connectivity index (χ0n) is 18.3. The molecule has 2 aromatic carbocycles. The minimum Gasteiger partial charge on any atom is -0.304 e. The predicted octanol–water partition coefficient (Wildman–Crippen LogP) is 2.97. The van der Waals surface area contributed by atoms with Crippen molar-refractivity contribution < 1.29 is 30.5 Å². The van der Waals surface area contributed by atoms with E-state index >= 15 is 0 Å². The molecule has 0 aliphatic rings. The Morgan fingerprint density at radius 3 is 1.39 bits per heavy atom. The lowest BCUT2D eigenvalue weighted by molar-refractivity contribution is -0.617. The van der Waals surface area contributed by atoms with E-state index < -0.39 is 20.2 Å². The number of hydrogen-bond acceptors (Lipinski definition) is 5. The molecule has 1 heterocycles. The van der Waals surface area contributed by atoms with Gasteiger partial charge in [-0.15, -0.1) is 0 Å². The molecule has 0 fully saturated rings. The van der Waals surface area contributed by atoms with Crippen LogP contribution in [0.1, 0.15) is 26.3 Å². The zero-order chi connectivity index (χ0) is 23.6. The number of hydrogen-bond donors (Lipinski definition) is 2.